The van der Waals surface area contributed by atoms with Crippen molar-refractivity contribution in [2.75, 3.05) is 0 Å². The summed E-state index contributed by atoms with van der Waals surface area (Å²) in [6.07, 6.45) is 8.69. The van der Waals surface area contributed by atoms with E-state index in [0.29, 0.717) is 0 Å². The molecule has 0 heterocycles. The first-order valence-electron chi connectivity index (χ1n) is 6.51. The molecule has 0 aromatic carbocycles. The van der Waals surface area contributed by atoms with Crippen molar-refractivity contribution in [1.29, 1.82) is 0 Å². The zero-order valence-corrected chi connectivity index (χ0v) is 13.9. The van der Waals surface area contributed by atoms with Crippen molar-refractivity contribution in [2.45, 2.75) is 61.6 Å². The van der Waals surface area contributed by atoms with Gasteiger partial charge in [0.2, 0.25) is 0 Å². The molecule has 2 unspecified atom stereocenters. The number of hydrogen-bond donors (Lipinski definition) is 0. The van der Waals surface area contributed by atoms with Gasteiger partial charge in [-0.25, -0.2) is 0 Å². The minimum absolute atomic E-state index is 0.244. The topological polar surface area (TPSA) is 0 Å². The van der Waals surface area contributed by atoms with Crippen molar-refractivity contribution in [3.63, 3.8) is 0 Å². The van der Waals surface area contributed by atoms with Crippen LogP contribution in [-0.2, 0) is 0 Å². The fourth-order valence-corrected chi connectivity index (χ4v) is 13.7. The summed E-state index contributed by atoms with van der Waals surface area (Å²) >= 11 is 5.06. The molecule has 4 fully saturated rings. The van der Waals surface area contributed by atoms with Gasteiger partial charge in [0.05, 0.1) is 0 Å². The number of halogens is 1. The molecule has 0 aromatic rings. The number of hydrogen-bond acceptors (Lipinski definition) is 0. The van der Waals surface area contributed by atoms with E-state index in [9.17, 15) is 0 Å². The summed E-state index contributed by atoms with van der Waals surface area (Å²) in [6, 6.07) is 0. The Hall–Kier alpha value is 1.09. The van der Waals surface area contributed by atoms with Crippen molar-refractivity contribution in [1.82, 2.24) is 0 Å². The van der Waals surface area contributed by atoms with Gasteiger partial charge in [-0.15, -0.1) is 0 Å². The summed E-state index contributed by atoms with van der Waals surface area (Å²) in [5, 5.41) is 0. The molecule has 0 nitrogen and oxygen atoms in total. The predicted octanol–water partition coefficient (Wildman–Crippen LogP) is 4.66. The number of rotatable bonds is 1. The maximum atomic E-state index is 6.86. The van der Waals surface area contributed by atoms with Crippen molar-refractivity contribution in [3.8, 4) is 0 Å². The predicted molar refractivity (Wildman–Crippen MR) is 69.3 cm³/mol. The monoisotopic (exact) mass is 334 g/mol. The van der Waals surface area contributed by atoms with Crippen LogP contribution in [0.1, 0.15) is 38.5 Å². The zero-order valence-electron chi connectivity index (χ0n) is 10.3. The van der Waals surface area contributed by atoms with Crippen molar-refractivity contribution < 1.29 is 0 Å². The molecule has 86 valence electrons. The van der Waals surface area contributed by atoms with Gasteiger partial charge in [0, 0.05) is 0 Å². The van der Waals surface area contributed by atoms with Crippen molar-refractivity contribution in [3.05, 3.63) is 0 Å². The third kappa shape index (κ3) is 1.61. The molecule has 0 radical (unpaired) electrons. The Morgan fingerprint density at radius 1 is 1.00 bits per heavy atom. The van der Waals surface area contributed by atoms with Crippen molar-refractivity contribution in [2.24, 2.45) is 11.8 Å². The van der Waals surface area contributed by atoms with Crippen LogP contribution in [0.15, 0.2) is 0 Å². The van der Waals surface area contributed by atoms with E-state index >= 15 is 0 Å². The summed E-state index contributed by atoms with van der Waals surface area (Å²) in [6.45, 7) is 0. The Morgan fingerprint density at radius 3 is 1.93 bits per heavy atom. The molecule has 0 amide bonds. The fourth-order valence-electron chi connectivity index (χ4n) is 5.03. The molecule has 0 saturated heterocycles. The number of alkyl halides is 1. The van der Waals surface area contributed by atoms with Crippen molar-refractivity contribution >= 4 is 30.0 Å². The van der Waals surface area contributed by atoms with Gasteiger partial charge < -0.3 is 0 Å². The summed E-state index contributed by atoms with van der Waals surface area (Å²) in [7, 11) is 0. The molecular formula is C13H23ClSn. The summed E-state index contributed by atoms with van der Waals surface area (Å²) in [5.41, 5.74) is 0. The van der Waals surface area contributed by atoms with E-state index in [-0.39, 0.29) is 4.87 Å². The molecule has 2 heteroatoms. The third-order valence-corrected chi connectivity index (χ3v) is 16.8. The second kappa shape index (κ2) is 3.10. The molecule has 15 heavy (non-hydrogen) atoms. The molecule has 0 N–H and O–H groups in total. The van der Waals surface area contributed by atoms with Crippen LogP contribution in [-0.4, -0.2) is 23.3 Å². The van der Waals surface area contributed by atoms with E-state index in [2.05, 4.69) is 14.8 Å². The SMILES string of the molecule is [CH3][Sn]([CH3])([CH3])[C]12C[C@@H]3C[C@@H](CC(Cl)(C3)C1)C2. The summed E-state index contributed by atoms with van der Waals surface area (Å²) in [4.78, 5) is 8.17. The van der Waals surface area contributed by atoms with Crippen LogP contribution in [0.5, 0.6) is 0 Å². The first kappa shape index (κ1) is 11.2. The first-order valence-corrected chi connectivity index (χ1v) is 16.9. The van der Waals surface area contributed by atoms with Crippen LogP contribution < -0.4 is 0 Å². The minimum atomic E-state index is -1.80. The van der Waals surface area contributed by atoms with E-state index in [1.807, 2.05) is 0 Å². The van der Waals surface area contributed by atoms with Crippen LogP contribution in [0, 0.1) is 11.8 Å². The quantitative estimate of drug-likeness (QED) is 0.484. The summed E-state index contributed by atoms with van der Waals surface area (Å²) < 4.78 is 0.778. The van der Waals surface area contributed by atoms with E-state index in [1.54, 1.807) is 12.8 Å². The Morgan fingerprint density at radius 2 is 1.53 bits per heavy atom. The fraction of sp³-hybridized carbons (Fsp3) is 1.00. The molecule has 4 aliphatic rings. The molecule has 4 aliphatic carbocycles. The Bertz CT molecular complexity index is 277. The van der Waals surface area contributed by atoms with Gasteiger partial charge in [-0.05, 0) is 0 Å². The molecule has 4 atom stereocenters. The molecule has 0 aliphatic heterocycles. The molecule has 0 aromatic heterocycles. The van der Waals surface area contributed by atoms with Gasteiger partial charge >= 0.3 is 103 Å². The van der Waals surface area contributed by atoms with E-state index in [1.165, 1.54) is 25.7 Å². The average molecular weight is 333 g/mol. The maximum absolute atomic E-state index is 6.86. The second-order valence-corrected chi connectivity index (χ2v) is 24.3. The van der Waals surface area contributed by atoms with Gasteiger partial charge in [0.15, 0.2) is 0 Å². The van der Waals surface area contributed by atoms with Crippen LogP contribution in [0.4, 0.5) is 0 Å². The Balaban J connectivity index is 2.00. The Kier molecular flexibility index (Phi) is 2.31. The normalized spacial score (nSPS) is 53.6. The van der Waals surface area contributed by atoms with E-state index in [4.69, 9.17) is 11.6 Å². The average Bonchev–Trinajstić information content (AvgIpc) is 1.95. The third-order valence-electron chi connectivity index (χ3n) is 5.58. The Labute approximate surface area is 103 Å². The van der Waals surface area contributed by atoms with Gasteiger partial charge in [-0.3, -0.25) is 0 Å². The molecule has 0 spiro atoms. The van der Waals surface area contributed by atoms with Gasteiger partial charge in [0.1, 0.15) is 0 Å². The molecule has 4 rings (SSSR count). The second-order valence-electron chi connectivity index (χ2n) is 7.64. The van der Waals surface area contributed by atoms with E-state index in [0.717, 1.165) is 15.3 Å². The first-order chi connectivity index (χ1) is 6.82. The van der Waals surface area contributed by atoms with Gasteiger partial charge in [-0.1, -0.05) is 0 Å². The van der Waals surface area contributed by atoms with Crippen LogP contribution in [0.25, 0.3) is 0 Å². The van der Waals surface area contributed by atoms with Gasteiger partial charge in [-0.2, -0.15) is 0 Å². The zero-order chi connectivity index (χ0) is 10.9. The molecular weight excluding hydrogens is 310 g/mol. The molecule has 4 saturated carbocycles. The standard InChI is InChI=1S/C10H14Cl.3CH3.Sn/c11-10-4-7-1-8(5-10)3-9(2-7)6-10;;;;/h7-8H,1-6H2;3*1H3;/t7-,8+,10?;;;;. The van der Waals surface area contributed by atoms with Crippen LogP contribution in [0.2, 0.25) is 18.2 Å². The van der Waals surface area contributed by atoms with Gasteiger partial charge in [0.25, 0.3) is 0 Å². The van der Waals surface area contributed by atoms with Crippen LogP contribution >= 0.6 is 11.6 Å². The molecule has 4 bridgehead atoms. The summed E-state index contributed by atoms with van der Waals surface area (Å²) in [5.74, 6) is 2.00. The van der Waals surface area contributed by atoms with Crippen LogP contribution in [0.3, 0.4) is 0 Å². The van der Waals surface area contributed by atoms with E-state index < -0.39 is 18.4 Å².